The molecule has 1 aliphatic carbocycles. The quantitative estimate of drug-likeness (QED) is 0.803. The summed E-state index contributed by atoms with van der Waals surface area (Å²) < 4.78 is 27.2. The second-order valence-electron chi connectivity index (χ2n) is 5.67. The van der Waals surface area contributed by atoms with Crippen LogP contribution in [0.1, 0.15) is 44.6 Å². The number of aryl methyl sites for hydroxylation is 1. The molecule has 0 saturated heterocycles. The Balaban J connectivity index is 2.20. The third kappa shape index (κ3) is 3.84. The van der Waals surface area contributed by atoms with E-state index in [0.717, 1.165) is 32.1 Å². The molecular weight excluding hydrogens is 286 g/mol. The maximum atomic E-state index is 12.8. The second-order valence-corrected chi connectivity index (χ2v) is 7.56. The molecule has 21 heavy (non-hydrogen) atoms. The lowest BCUT2D eigenvalue weighted by molar-refractivity contribution is 0.198. The molecule has 0 atom stereocenters. The van der Waals surface area contributed by atoms with Gasteiger partial charge in [-0.05, 0) is 43.4 Å². The van der Waals surface area contributed by atoms with Gasteiger partial charge in [-0.25, -0.2) is 8.42 Å². The number of hydrogen-bond donors (Lipinski definition) is 1. The molecule has 0 unspecified atom stereocenters. The van der Waals surface area contributed by atoms with Crippen LogP contribution in [0.5, 0.6) is 0 Å². The van der Waals surface area contributed by atoms with Crippen molar-refractivity contribution in [1.29, 1.82) is 0 Å². The highest BCUT2D eigenvalue weighted by Gasteiger charge is 2.34. The first kappa shape index (κ1) is 16.5. The summed E-state index contributed by atoms with van der Waals surface area (Å²) >= 11 is 0. The molecule has 1 aromatic rings. The predicted molar refractivity (Wildman–Crippen MR) is 83.7 cm³/mol. The lowest BCUT2D eigenvalue weighted by atomic mass is 9.93. The van der Waals surface area contributed by atoms with Gasteiger partial charge in [0.25, 0.3) is 0 Å². The first-order valence-corrected chi connectivity index (χ1v) is 9.25. The first-order valence-electron chi connectivity index (χ1n) is 7.81. The summed E-state index contributed by atoms with van der Waals surface area (Å²) in [5.41, 5.74) is 1.17. The minimum absolute atomic E-state index is 0.0220. The molecule has 1 fully saturated rings. The average molecular weight is 311 g/mol. The van der Waals surface area contributed by atoms with Crippen LogP contribution in [0, 0.1) is 0 Å². The monoisotopic (exact) mass is 311 g/mol. The highest BCUT2D eigenvalue weighted by molar-refractivity contribution is 7.89. The van der Waals surface area contributed by atoms with Gasteiger partial charge < -0.3 is 5.11 Å². The van der Waals surface area contributed by atoms with E-state index in [9.17, 15) is 8.42 Å². The highest BCUT2D eigenvalue weighted by Crippen LogP contribution is 2.30. The van der Waals surface area contributed by atoms with Crippen LogP contribution >= 0.6 is 0 Å². The van der Waals surface area contributed by atoms with Crippen LogP contribution in [0.25, 0.3) is 0 Å². The second kappa shape index (κ2) is 7.38. The molecule has 0 aromatic heterocycles. The van der Waals surface area contributed by atoms with Gasteiger partial charge in [-0.2, -0.15) is 4.31 Å². The molecule has 4 nitrogen and oxygen atoms in total. The van der Waals surface area contributed by atoms with E-state index in [-0.39, 0.29) is 12.6 Å². The summed E-state index contributed by atoms with van der Waals surface area (Å²) in [5, 5.41) is 9.00. The van der Waals surface area contributed by atoms with Gasteiger partial charge in [0.1, 0.15) is 0 Å². The molecule has 0 bridgehead atoms. The summed E-state index contributed by atoms with van der Waals surface area (Å²) in [5.74, 6) is 0. The molecule has 5 heteroatoms. The molecular formula is C16H25NO3S. The standard InChI is InChI=1S/C16H25NO3S/c1-2-5-14-8-10-16(11-9-14)21(19,20)17(12-4-13-18)15-6-3-7-15/h8-11,15,18H,2-7,12-13H2,1H3. The van der Waals surface area contributed by atoms with Crippen molar-refractivity contribution < 1.29 is 13.5 Å². The van der Waals surface area contributed by atoms with Gasteiger partial charge in [-0.1, -0.05) is 31.9 Å². The van der Waals surface area contributed by atoms with Gasteiger partial charge >= 0.3 is 0 Å². The maximum absolute atomic E-state index is 12.8. The van der Waals surface area contributed by atoms with E-state index in [0.29, 0.717) is 17.9 Å². The van der Waals surface area contributed by atoms with Gasteiger partial charge in [-0.3, -0.25) is 0 Å². The number of aliphatic hydroxyl groups excluding tert-OH is 1. The Bertz CT molecular complexity index is 535. The lowest BCUT2D eigenvalue weighted by Crippen LogP contribution is -2.44. The van der Waals surface area contributed by atoms with Gasteiger partial charge in [0, 0.05) is 19.2 Å². The number of aliphatic hydroxyl groups is 1. The molecule has 0 spiro atoms. The summed E-state index contributed by atoms with van der Waals surface area (Å²) in [7, 11) is -3.44. The van der Waals surface area contributed by atoms with Gasteiger partial charge in [0.05, 0.1) is 4.90 Å². The van der Waals surface area contributed by atoms with E-state index in [1.165, 1.54) is 5.56 Å². The summed E-state index contributed by atoms with van der Waals surface area (Å²) in [4.78, 5) is 0.368. The zero-order valence-corrected chi connectivity index (χ0v) is 13.5. The maximum Gasteiger partial charge on any atom is 0.243 e. The van der Waals surface area contributed by atoms with Crippen molar-refractivity contribution >= 4 is 10.0 Å². The zero-order chi connectivity index (χ0) is 15.3. The largest absolute Gasteiger partial charge is 0.396 e. The molecule has 0 aliphatic heterocycles. The van der Waals surface area contributed by atoms with E-state index >= 15 is 0 Å². The van der Waals surface area contributed by atoms with Crippen molar-refractivity contribution in [2.75, 3.05) is 13.2 Å². The number of nitrogens with zero attached hydrogens (tertiary/aromatic N) is 1. The fraction of sp³-hybridized carbons (Fsp3) is 0.625. The van der Waals surface area contributed by atoms with Gasteiger partial charge in [0.15, 0.2) is 0 Å². The van der Waals surface area contributed by atoms with Crippen LogP contribution in [0.3, 0.4) is 0 Å². The molecule has 2 rings (SSSR count). The van der Waals surface area contributed by atoms with Crippen molar-refractivity contribution in [3.63, 3.8) is 0 Å². The number of sulfonamides is 1. The number of benzene rings is 1. The fourth-order valence-electron chi connectivity index (χ4n) is 2.65. The smallest absolute Gasteiger partial charge is 0.243 e. The molecule has 1 saturated carbocycles. The minimum atomic E-state index is -3.44. The van der Waals surface area contributed by atoms with Crippen molar-refractivity contribution in [1.82, 2.24) is 4.31 Å². The number of hydrogen-bond acceptors (Lipinski definition) is 3. The van der Waals surface area contributed by atoms with E-state index in [1.807, 2.05) is 12.1 Å². The molecule has 1 N–H and O–H groups in total. The van der Waals surface area contributed by atoms with Gasteiger partial charge in [-0.15, -0.1) is 0 Å². The van der Waals surface area contributed by atoms with E-state index in [4.69, 9.17) is 5.11 Å². The van der Waals surface area contributed by atoms with Crippen LogP contribution in [0.2, 0.25) is 0 Å². The van der Waals surface area contributed by atoms with Crippen LogP contribution in [-0.2, 0) is 16.4 Å². The molecule has 1 aliphatic rings. The molecule has 0 amide bonds. The molecule has 1 aromatic carbocycles. The van der Waals surface area contributed by atoms with E-state index < -0.39 is 10.0 Å². The Hall–Kier alpha value is -0.910. The van der Waals surface area contributed by atoms with E-state index in [2.05, 4.69) is 6.92 Å². The average Bonchev–Trinajstić information content (AvgIpc) is 2.42. The predicted octanol–water partition coefficient (Wildman–Crippen LogP) is 2.56. The highest BCUT2D eigenvalue weighted by atomic mass is 32.2. The van der Waals surface area contributed by atoms with Crippen LogP contribution in [-0.4, -0.2) is 37.0 Å². The van der Waals surface area contributed by atoms with Crippen molar-refractivity contribution in [3.05, 3.63) is 29.8 Å². The zero-order valence-electron chi connectivity index (χ0n) is 12.7. The molecule has 118 valence electrons. The van der Waals surface area contributed by atoms with Crippen molar-refractivity contribution in [3.8, 4) is 0 Å². The van der Waals surface area contributed by atoms with Crippen molar-refractivity contribution in [2.45, 2.75) is 56.4 Å². The lowest BCUT2D eigenvalue weighted by Gasteiger charge is -2.36. The van der Waals surface area contributed by atoms with Crippen LogP contribution in [0.4, 0.5) is 0 Å². The Morgan fingerprint density at radius 1 is 1.24 bits per heavy atom. The Kier molecular flexibility index (Phi) is 5.79. The van der Waals surface area contributed by atoms with E-state index in [1.54, 1.807) is 16.4 Å². The third-order valence-corrected chi connectivity index (χ3v) is 6.05. The van der Waals surface area contributed by atoms with Crippen molar-refractivity contribution in [2.24, 2.45) is 0 Å². The topological polar surface area (TPSA) is 57.6 Å². The Morgan fingerprint density at radius 3 is 2.38 bits per heavy atom. The summed E-state index contributed by atoms with van der Waals surface area (Å²) in [6.45, 7) is 2.53. The van der Waals surface area contributed by atoms with Crippen LogP contribution < -0.4 is 0 Å². The summed E-state index contributed by atoms with van der Waals surface area (Å²) in [6.07, 6.45) is 5.46. The summed E-state index contributed by atoms with van der Waals surface area (Å²) in [6, 6.07) is 7.34. The first-order chi connectivity index (χ1) is 10.1. The minimum Gasteiger partial charge on any atom is -0.396 e. The molecule has 0 heterocycles. The fourth-order valence-corrected chi connectivity index (χ4v) is 4.38. The normalized spacial score (nSPS) is 16.1. The molecule has 0 radical (unpaired) electrons. The Labute approximate surface area is 127 Å². The van der Waals surface area contributed by atoms with Crippen LogP contribution in [0.15, 0.2) is 29.2 Å². The SMILES string of the molecule is CCCc1ccc(S(=O)(=O)N(CCCO)C2CCC2)cc1. The third-order valence-electron chi connectivity index (χ3n) is 4.09. The number of rotatable bonds is 8. The van der Waals surface area contributed by atoms with Gasteiger partial charge in [0.2, 0.25) is 10.0 Å². The Morgan fingerprint density at radius 2 is 1.90 bits per heavy atom.